The van der Waals surface area contributed by atoms with Crippen LogP contribution in [0.4, 0.5) is 5.69 Å². The first-order valence-electron chi connectivity index (χ1n) is 9.68. The number of rotatable bonds is 5. The Morgan fingerprint density at radius 2 is 1.89 bits per heavy atom. The summed E-state index contributed by atoms with van der Waals surface area (Å²) in [6, 6.07) is 17.9. The molecule has 0 atom stereocenters. The molecule has 4 heteroatoms. The molecule has 138 valence electrons. The minimum absolute atomic E-state index is 0.124. The van der Waals surface area contributed by atoms with Crippen molar-refractivity contribution < 1.29 is 9.53 Å². The topological polar surface area (TPSA) is 51.2 Å². The van der Waals surface area contributed by atoms with E-state index in [0.717, 1.165) is 59.3 Å². The van der Waals surface area contributed by atoms with Gasteiger partial charge in [0.1, 0.15) is 5.75 Å². The van der Waals surface area contributed by atoms with Crippen molar-refractivity contribution in [3.8, 4) is 17.0 Å². The lowest BCUT2D eigenvalue weighted by Gasteiger charge is -2.14. The molecule has 1 N–H and O–H groups in total. The lowest BCUT2D eigenvalue weighted by molar-refractivity contribution is -0.119. The van der Waals surface area contributed by atoms with Crippen molar-refractivity contribution in [1.82, 2.24) is 4.98 Å². The van der Waals surface area contributed by atoms with Gasteiger partial charge < -0.3 is 10.1 Å². The van der Waals surface area contributed by atoms with Crippen LogP contribution in [0.15, 0.2) is 54.6 Å². The number of anilines is 1. The number of carbonyl (C=O) groups is 1. The smallest absolute Gasteiger partial charge is 0.227 e. The van der Waals surface area contributed by atoms with Gasteiger partial charge in [-0.3, -0.25) is 4.79 Å². The number of hydrogen-bond acceptors (Lipinski definition) is 3. The Bertz CT molecular complexity index is 947. The first-order chi connectivity index (χ1) is 13.2. The highest BCUT2D eigenvalue weighted by molar-refractivity contribution is 5.97. The summed E-state index contributed by atoms with van der Waals surface area (Å²) in [5.41, 5.74) is 3.60. The average molecular weight is 360 g/mol. The first-order valence-corrected chi connectivity index (χ1v) is 9.68. The van der Waals surface area contributed by atoms with E-state index in [0.29, 0.717) is 6.61 Å². The van der Waals surface area contributed by atoms with Gasteiger partial charge in [-0.2, -0.15) is 0 Å². The molecule has 1 amide bonds. The van der Waals surface area contributed by atoms with Crippen molar-refractivity contribution in [3.63, 3.8) is 0 Å². The van der Waals surface area contributed by atoms with Gasteiger partial charge in [-0.15, -0.1) is 0 Å². The Balaban J connectivity index is 1.69. The van der Waals surface area contributed by atoms with Crippen LogP contribution in [-0.4, -0.2) is 17.5 Å². The standard InChI is InChI=1S/C23H24N2O2/c1-2-27-22-15-21(16-8-4-3-5-9-16)25-20-13-12-18(14-19(20)22)24-23(26)17-10-6-7-11-17/h3-5,8-9,12-15,17H,2,6-7,10-11H2,1H3,(H,24,26). The van der Waals surface area contributed by atoms with Crippen LogP contribution < -0.4 is 10.1 Å². The molecule has 0 radical (unpaired) electrons. The van der Waals surface area contributed by atoms with E-state index in [1.807, 2.05) is 61.5 Å². The van der Waals surface area contributed by atoms with Crippen molar-refractivity contribution >= 4 is 22.5 Å². The van der Waals surface area contributed by atoms with Gasteiger partial charge in [0, 0.05) is 28.6 Å². The number of hydrogen-bond donors (Lipinski definition) is 1. The quantitative estimate of drug-likeness (QED) is 0.660. The van der Waals surface area contributed by atoms with Crippen LogP contribution in [0, 0.1) is 5.92 Å². The number of benzene rings is 2. The van der Waals surface area contributed by atoms with E-state index in [4.69, 9.17) is 9.72 Å². The van der Waals surface area contributed by atoms with Crippen LogP contribution in [0.3, 0.4) is 0 Å². The van der Waals surface area contributed by atoms with Gasteiger partial charge in [-0.25, -0.2) is 4.98 Å². The highest BCUT2D eigenvalue weighted by Crippen LogP contribution is 2.32. The maximum atomic E-state index is 12.4. The van der Waals surface area contributed by atoms with E-state index in [1.54, 1.807) is 0 Å². The van der Waals surface area contributed by atoms with Gasteiger partial charge in [0.15, 0.2) is 0 Å². The van der Waals surface area contributed by atoms with Crippen LogP contribution >= 0.6 is 0 Å². The van der Waals surface area contributed by atoms with Gasteiger partial charge in [0.2, 0.25) is 5.91 Å². The second-order valence-electron chi connectivity index (χ2n) is 7.01. The number of nitrogens with one attached hydrogen (secondary N) is 1. The molecule has 2 aromatic carbocycles. The molecule has 1 aromatic heterocycles. The van der Waals surface area contributed by atoms with Crippen LogP contribution in [-0.2, 0) is 4.79 Å². The number of aromatic nitrogens is 1. The number of ether oxygens (including phenoxy) is 1. The summed E-state index contributed by atoms with van der Waals surface area (Å²) >= 11 is 0. The van der Waals surface area contributed by atoms with Gasteiger partial charge in [0.25, 0.3) is 0 Å². The van der Waals surface area contributed by atoms with E-state index in [9.17, 15) is 4.79 Å². The molecular formula is C23H24N2O2. The Labute approximate surface area is 159 Å². The summed E-state index contributed by atoms with van der Waals surface area (Å²) in [7, 11) is 0. The van der Waals surface area contributed by atoms with Crippen LogP contribution in [0.25, 0.3) is 22.2 Å². The second kappa shape index (κ2) is 7.78. The van der Waals surface area contributed by atoms with Crippen molar-refractivity contribution in [3.05, 3.63) is 54.6 Å². The third-order valence-electron chi connectivity index (χ3n) is 5.13. The number of fused-ring (bicyclic) bond motifs is 1. The third kappa shape index (κ3) is 3.80. The van der Waals surface area contributed by atoms with Crippen molar-refractivity contribution in [2.45, 2.75) is 32.6 Å². The lowest BCUT2D eigenvalue weighted by atomic mass is 10.1. The molecule has 0 bridgehead atoms. The predicted octanol–water partition coefficient (Wildman–Crippen LogP) is 5.43. The molecule has 0 saturated heterocycles. The maximum absolute atomic E-state index is 12.4. The third-order valence-corrected chi connectivity index (χ3v) is 5.13. The molecule has 1 heterocycles. The first kappa shape index (κ1) is 17.5. The Kier molecular flexibility index (Phi) is 5.05. The highest BCUT2D eigenvalue weighted by atomic mass is 16.5. The normalized spacial score (nSPS) is 14.4. The van der Waals surface area contributed by atoms with Crippen LogP contribution in [0.1, 0.15) is 32.6 Å². The summed E-state index contributed by atoms with van der Waals surface area (Å²) < 4.78 is 5.89. The zero-order valence-corrected chi connectivity index (χ0v) is 15.6. The molecule has 0 aliphatic heterocycles. The molecule has 1 aliphatic rings. The van der Waals surface area contributed by atoms with Gasteiger partial charge >= 0.3 is 0 Å². The molecule has 0 unspecified atom stereocenters. The predicted molar refractivity (Wildman–Crippen MR) is 109 cm³/mol. The summed E-state index contributed by atoms with van der Waals surface area (Å²) in [5, 5.41) is 3.99. The average Bonchev–Trinajstić information content (AvgIpc) is 3.24. The van der Waals surface area contributed by atoms with Crippen molar-refractivity contribution in [2.75, 3.05) is 11.9 Å². The van der Waals surface area contributed by atoms with E-state index >= 15 is 0 Å². The van der Waals surface area contributed by atoms with Crippen LogP contribution in [0.2, 0.25) is 0 Å². The molecule has 4 nitrogen and oxygen atoms in total. The van der Waals surface area contributed by atoms with E-state index in [2.05, 4.69) is 5.32 Å². The summed E-state index contributed by atoms with van der Waals surface area (Å²) in [5.74, 6) is 1.06. The van der Waals surface area contributed by atoms with Gasteiger partial charge in [-0.1, -0.05) is 43.2 Å². The maximum Gasteiger partial charge on any atom is 0.227 e. The molecule has 1 saturated carbocycles. The molecule has 0 spiro atoms. The minimum atomic E-state index is 0.124. The Hall–Kier alpha value is -2.88. The minimum Gasteiger partial charge on any atom is -0.493 e. The molecule has 3 aromatic rings. The van der Waals surface area contributed by atoms with E-state index in [1.165, 1.54) is 0 Å². The number of pyridine rings is 1. The molecule has 1 fully saturated rings. The number of amides is 1. The van der Waals surface area contributed by atoms with Crippen molar-refractivity contribution in [2.24, 2.45) is 5.92 Å². The van der Waals surface area contributed by atoms with Gasteiger partial charge in [0.05, 0.1) is 17.8 Å². The largest absolute Gasteiger partial charge is 0.493 e. The summed E-state index contributed by atoms with van der Waals surface area (Å²) in [6.45, 7) is 2.55. The van der Waals surface area contributed by atoms with Crippen LogP contribution in [0.5, 0.6) is 5.75 Å². The summed E-state index contributed by atoms with van der Waals surface area (Å²) in [4.78, 5) is 17.2. The molecule has 27 heavy (non-hydrogen) atoms. The summed E-state index contributed by atoms with van der Waals surface area (Å²) in [6.07, 6.45) is 4.28. The number of nitrogens with zero attached hydrogens (tertiary/aromatic N) is 1. The Morgan fingerprint density at radius 1 is 1.11 bits per heavy atom. The SMILES string of the molecule is CCOc1cc(-c2ccccc2)nc2ccc(NC(=O)C3CCCC3)cc12. The highest BCUT2D eigenvalue weighted by Gasteiger charge is 2.22. The van der Waals surface area contributed by atoms with E-state index in [-0.39, 0.29) is 11.8 Å². The molecule has 1 aliphatic carbocycles. The van der Waals surface area contributed by atoms with Crippen molar-refractivity contribution in [1.29, 1.82) is 0 Å². The fourth-order valence-electron chi connectivity index (χ4n) is 3.74. The van der Waals surface area contributed by atoms with Gasteiger partial charge in [-0.05, 0) is 38.0 Å². The second-order valence-corrected chi connectivity index (χ2v) is 7.01. The molecule has 4 rings (SSSR count). The monoisotopic (exact) mass is 360 g/mol. The zero-order valence-electron chi connectivity index (χ0n) is 15.6. The fraction of sp³-hybridized carbons (Fsp3) is 0.304. The lowest BCUT2D eigenvalue weighted by Crippen LogP contribution is -2.20. The number of carbonyl (C=O) groups excluding carboxylic acids is 1. The Morgan fingerprint density at radius 3 is 2.63 bits per heavy atom. The molecular weight excluding hydrogens is 336 g/mol. The fourth-order valence-corrected chi connectivity index (χ4v) is 3.74. The van der Waals surface area contributed by atoms with E-state index < -0.39 is 0 Å². The zero-order chi connectivity index (χ0) is 18.6.